The molecule has 2 atom stereocenters. The van der Waals surface area contributed by atoms with Crippen LogP contribution >= 0.6 is 11.3 Å². The molecule has 0 radical (unpaired) electrons. The van der Waals surface area contributed by atoms with E-state index in [-0.39, 0.29) is 23.6 Å². The number of hydrogen-bond donors (Lipinski definition) is 0. The smallest absolute Gasteiger partial charge is 0.345 e. The van der Waals surface area contributed by atoms with Crippen LogP contribution in [-0.2, 0) is 4.74 Å². The molecule has 2 aromatic heterocycles. The number of aromatic nitrogens is 2. The van der Waals surface area contributed by atoms with E-state index in [0.717, 1.165) is 17.7 Å². The summed E-state index contributed by atoms with van der Waals surface area (Å²) in [5.41, 5.74) is 0.815. The van der Waals surface area contributed by atoms with Crippen molar-refractivity contribution < 1.29 is 23.8 Å². The Labute approximate surface area is 196 Å². The van der Waals surface area contributed by atoms with Crippen LogP contribution in [0.15, 0.2) is 48.1 Å². The van der Waals surface area contributed by atoms with Crippen LogP contribution in [0.4, 0.5) is 0 Å². The van der Waals surface area contributed by atoms with E-state index in [2.05, 4.69) is 9.97 Å². The van der Waals surface area contributed by atoms with Gasteiger partial charge in [0.2, 0.25) is 0 Å². The molecule has 172 valence electrons. The van der Waals surface area contributed by atoms with Crippen LogP contribution in [0.25, 0.3) is 10.7 Å². The minimum absolute atomic E-state index is 0.0483. The molecular formula is C24H25N3O5S. The first kappa shape index (κ1) is 22.7. The van der Waals surface area contributed by atoms with Crippen molar-refractivity contribution in [3.63, 3.8) is 0 Å². The van der Waals surface area contributed by atoms with Gasteiger partial charge < -0.3 is 19.1 Å². The maximum absolute atomic E-state index is 13.5. The van der Waals surface area contributed by atoms with Gasteiger partial charge in [-0.05, 0) is 49.4 Å². The molecule has 33 heavy (non-hydrogen) atoms. The molecule has 0 saturated carbocycles. The van der Waals surface area contributed by atoms with Crippen LogP contribution in [0.5, 0.6) is 11.5 Å². The zero-order chi connectivity index (χ0) is 23.4. The molecule has 0 N–H and O–H groups in total. The number of carbonyl (C=O) groups is 2. The van der Waals surface area contributed by atoms with Crippen molar-refractivity contribution in [2.24, 2.45) is 0 Å². The molecule has 0 unspecified atom stereocenters. The van der Waals surface area contributed by atoms with Crippen molar-refractivity contribution in [2.75, 3.05) is 20.8 Å². The minimum Gasteiger partial charge on any atom is -0.496 e. The summed E-state index contributed by atoms with van der Waals surface area (Å²) in [6, 6.07) is 8.76. The Kier molecular flexibility index (Phi) is 6.88. The summed E-state index contributed by atoms with van der Waals surface area (Å²) in [5.74, 6) is 0.667. The molecule has 9 heteroatoms. The lowest BCUT2D eigenvalue weighted by molar-refractivity contribution is 0.0371. The van der Waals surface area contributed by atoms with Crippen molar-refractivity contribution in [1.82, 2.24) is 14.9 Å². The van der Waals surface area contributed by atoms with Gasteiger partial charge in [0.25, 0.3) is 5.91 Å². The number of methoxy groups -OCH3 is 2. The van der Waals surface area contributed by atoms with Gasteiger partial charge in [0.1, 0.15) is 23.2 Å². The maximum atomic E-state index is 13.5. The Balaban J connectivity index is 1.57. The third-order valence-electron chi connectivity index (χ3n) is 5.66. The Morgan fingerprint density at radius 2 is 1.82 bits per heavy atom. The summed E-state index contributed by atoms with van der Waals surface area (Å²) in [7, 11) is 2.80. The fourth-order valence-corrected chi connectivity index (χ4v) is 4.77. The lowest BCUT2D eigenvalue weighted by Gasteiger charge is -2.38. The standard InChI is InChI=1S/C24H25N3O5S/c1-15-8-9-16(32-19-7-4-6-18(30-2)20(19)24(29)31-3)14-27(15)23(28)17-10-13-33-21(17)22-25-11-5-12-26-22/h4-7,10-13,15-16H,8-9,14H2,1-3H3/t15-,16-/m1/s1. The Hall–Kier alpha value is -3.46. The number of likely N-dealkylation sites (tertiary alicyclic amines) is 1. The highest BCUT2D eigenvalue weighted by Crippen LogP contribution is 2.33. The van der Waals surface area contributed by atoms with Crippen LogP contribution in [0.1, 0.15) is 40.5 Å². The van der Waals surface area contributed by atoms with Crippen LogP contribution in [0.2, 0.25) is 0 Å². The number of thiophene rings is 1. The summed E-state index contributed by atoms with van der Waals surface area (Å²) in [6.45, 7) is 2.42. The van der Waals surface area contributed by atoms with Gasteiger partial charge in [0.05, 0.1) is 31.2 Å². The van der Waals surface area contributed by atoms with Gasteiger partial charge in [-0.1, -0.05) is 6.07 Å². The number of hydrogen-bond acceptors (Lipinski definition) is 8. The number of ether oxygens (including phenoxy) is 3. The SMILES string of the molecule is COC(=O)c1c(OC)cccc1O[C@@H]1CC[C@@H](C)N(C(=O)c2ccsc2-c2ncccn2)C1. The van der Waals surface area contributed by atoms with Gasteiger partial charge >= 0.3 is 5.97 Å². The van der Waals surface area contributed by atoms with Gasteiger partial charge in [0, 0.05) is 18.4 Å². The molecule has 0 aliphatic carbocycles. The first-order valence-electron chi connectivity index (χ1n) is 10.6. The summed E-state index contributed by atoms with van der Waals surface area (Å²) in [4.78, 5) is 37.0. The quantitative estimate of drug-likeness (QED) is 0.505. The van der Waals surface area contributed by atoms with E-state index in [1.54, 1.807) is 36.7 Å². The average molecular weight is 468 g/mol. The number of amides is 1. The molecule has 1 fully saturated rings. The normalized spacial score (nSPS) is 18.0. The first-order valence-corrected chi connectivity index (χ1v) is 11.5. The third kappa shape index (κ3) is 4.68. The van der Waals surface area contributed by atoms with E-state index < -0.39 is 5.97 Å². The van der Waals surface area contributed by atoms with E-state index >= 15 is 0 Å². The number of esters is 1. The fraction of sp³-hybridized carbons (Fsp3) is 0.333. The van der Waals surface area contributed by atoms with E-state index in [1.165, 1.54) is 25.6 Å². The van der Waals surface area contributed by atoms with Gasteiger partial charge in [0.15, 0.2) is 5.82 Å². The molecule has 3 heterocycles. The second kappa shape index (κ2) is 9.99. The van der Waals surface area contributed by atoms with Crippen molar-refractivity contribution >= 4 is 23.2 Å². The van der Waals surface area contributed by atoms with Crippen molar-refractivity contribution in [3.8, 4) is 22.2 Å². The van der Waals surface area contributed by atoms with E-state index in [9.17, 15) is 9.59 Å². The molecule has 1 aliphatic rings. The van der Waals surface area contributed by atoms with Gasteiger partial charge in [-0.25, -0.2) is 14.8 Å². The molecule has 0 bridgehead atoms. The predicted octanol–water partition coefficient (Wildman–Crippen LogP) is 4.07. The topological polar surface area (TPSA) is 90.9 Å². The number of nitrogens with zero attached hydrogens (tertiary/aromatic N) is 3. The number of rotatable bonds is 6. The highest BCUT2D eigenvalue weighted by atomic mass is 32.1. The molecule has 8 nitrogen and oxygen atoms in total. The number of benzene rings is 1. The molecule has 1 saturated heterocycles. The van der Waals surface area contributed by atoms with Gasteiger partial charge in [-0.2, -0.15) is 0 Å². The number of carbonyl (C=O) groups excluding carboxylic acids is 2. The molecule has 1 aliphatic heterocycles. The largest absolute Gasteiger partial charge is 0.496 e. The van der Waals surface area contributed by atoms with Crippen LogP contribution in [0.3, 0.4) is 0 Å². The second-order valence-electron chi connectivity index (χ2n) is 7.68. The van der Waals surface area contributed by atoms with Gasteiger partial charge in [-0.3, -0.25) is 4.79 Å². The summed E-state index contributed by atoms with van der Waals surface area (Å²) in [6.07, 6.45) is 4.57. The molecular weight excluding hydrogens is 442 g/mol. The zero-order valence-electron chi connectivity index (χ0n) is 18.7. The minimum atomic E-state index is -0.537. The predicted molar refractivity (Wildman–Crippen MR) is 124 cm³/mol. The van der Waals surface area contributed by atoms with E-state index in [0.29, 0.717) is 29.4 Å². The Bertz CT molecular complexity index is 1130. The van der Waals surface area contributed by atoms with Crippen LogP contribution in [0, 0.1) is 0 Å². The van der Waals surface area contributed by atoms with Crippen molar-refractivity contribution in [2.45, 2.75) is 31.9 Å². The maximum Gasteiger partial charge on any atom is 0.345 e. The average Bonchev–Trinajstić information content (AvgIpc) is 3.34. The highest BCUT2D eigenvalue weighted by Gasteiger charge is 2.33. The Morgan fingerprint density at radius 3 is 2.55 bits per heavy atom. The first-order chi connectivity index (χ1) is 16.0. The Morgan fingerprint density at radius 1 is 1.06 bits per heavy atom. The third-order valence-corrected chi connectivity index (χ3v) is 6.57. The van der Waals surface area contributed by atoms with Gasteiger partial charge in [-0.15, -0.1) is 11.3 Å². The van der Waals surface area contributed by atoms with Crippen molar-refractivity contribution in [3.05, 3.63) is 59.2 Å². The zero-order valence-corrected chi connectivity index (χ0v) is 19.5. The molecule has 1 amide bonds. The molecule has 1 aromatic carbocycles. The van der Waals surface area contributed by atoms with Crippen molar-refractivity contribution in [1.29, 1.82) is 0 Å². The van der Waals surface area contributed by atoms with Crippen LogP contribution < -0.4 is 9.47 Å². The molecule has 4 rings (SSSR count). The monoisotopic (exact) mass is 467 g/mol. The van der Waals surface area contributed by atoms with E-state index in [1.807, 2.05) is 23.3 Å². The lowest BCUT2D eigenvalue weighted by Crippen LogP contribution is -2.49. The number of piperidine rings is 1. The summed E-state index contributed by atoms with van der Waals surface area (Å²) >= 11 is 1.44. The second-order valence-corrected chi connectivity index (χ2v) is 8.60. The lowest BCUT2D eigenvalue weighted by atomic mass is 9.99. The van der Waals surface area contributed by atoms with Crippen LogP contribution in [-0.4, -0.2) is 59.7 Å². The fourth-order valence-electron chi connectivity index (χ4n) is 3.94. The highest BCUT2D eigenvalue weighted by molar-refractivity contribution is 7.14. The van der Waals surface area contributed by atoms with E-state index in [4.69, 9.17) is 14.2 Å². The molecule has 3 aromatic rings. The summed E-state index contributed by atoms with van der Waals surface area (Å²) < 4.78 is 16.5. The summed E-state index contributed by atoms with van der Waals surface area (Å²) in [5, 5.41) is 1.88. The molecule has 0 spiro atoms.